The van der Waals surface area contributed by atoms with Crippen molar-refractivity contribution in [2.24, 2.45) is 0 Å². The maximum atomic E-state index is 12.8. The molecule has 1 heterocycles. The molecule has 0 bridgehead atoms. The Balaban J connectivity index is 1.68. The maximum Gasteiger partial charge on any atom is 0.416 e. The minimum absolute atomic E-state index is 0.0359. The molecule has 0 saturated carbocycles. The van der Waals surface area contributed by atoms with E-state index in [0.29, 0.717) is 5.58 Å². The molecule has 130 valence electrons. The van der Waals surface area contributed by atoms with Gasteiger partial charge in [0.2, 0.25) is 0 Å². The molecular formula is C20H12F3NO2. The van der Waals surface area contributed by atoms with Crippen LogP contribution in [0.25, 0.3) is 21.7 Å². The minimum Gasteiger partial charge on any atom is -0.451 e. The van der Waals surface area contributed by atoms with Crippen molar-refractivity contribution in [3.05, 3.63) is 78.1 Å². The lowest BCUT2D eigenvalue weighted by Crippen LogP contribution is -2.12. The number of rotatable bonds is 2. The highest BCUT2D eigenvalue weighted by Crippen LogP contribution is 2.31. The van der Waals surface area contributed by atoms with Gasteiger partial charge in [-0.25, -0.2) is 0 Å². The van der Waals surface area contributed by atoms with Gasteiger partial charge in [-0.3, -0.25) is 4.79 Å². The molecule has 3 aromatic carbocycles. The van der Waals surface area contributed by atoms with Gasteiger partial charge in [0.05, 0.1) is 5.56 Å². The van der Waals surface area contributed by atoms with Crippen LogP contribution >= 0.6 is 0 Å². The SMILES string of the molecule is O=C(Nc1cccc(C(F)(F)F)c1)c1cc2c(ccc3ccccc32)o1. The quantitative estimate of drug-likeness (QED) is 0.489. The Morgan fingerprint density at radius 2 is 1.69 bits per heavy atom. The van der Waals surface area contributed by atoms with Crippen LogP contribution in [-0.2, 0) is 6.18 Å². The molecule has 0 aliphatic rings. The van der Waals surface area contributed by atoms with Crippen molar-refractivity contribution in [1.29, 1.82) is 0 Å². The molecule has 0 aliphatic carbocycles. The summed E-state index contributed by atoms with van der Waals surface area (Å²) in [5, 5.41) is 5.16. The van der Waals surface area contributed by atoms with Crippen molar-refractivity contribution < 1.29 is 22.4 Å². The zero-order chi connectivity index (χ0) is 18.3. The highest BCUT2D eigenvalue weighted by molar-refractivity contribution is 6.10. The van der Waals surface area contributed by atoms with Crippen LogP contribution < -0.4 is 5.32 Å². The number of fused-ring (bicyclic) bond motifs is 3. The van der Waals surface area contributed by atoms with Crippen LogP contribution in [0.15, 0.2) is 71.1 Å². The predicted octanol–water partition coefficient (Wildman–Crippen LogP) is 5.86. The van der Waals surface area contributed by atoms with Crippen molar-refractivity contribution in [2.75, 3.05) is 5.32 Å². The summed E-state index contributed by atoms with van der Waals surface area (Å²) >= 11 is 0. The van der Waals surface area contributed by atoms with E-state index in [1.807, 2.05) is 30.3 Å². The van der Waals surface area contributed by atoms with E-state index in [4.69, 9.17) is 4.42 Å². The number of benzene rings is 3. The first kappa shape index (κ1) is 16.2. The fraction of sp³-hybridized carbons (Fsp3) is 0.0500. The van der Waals surface area contributed by atoms with Crippen LogP contribution in [0.4, 0.5) is 18.9 Å². The van der Waals surface area contributed by atoms with E-state index in [2.05, 4.69) is 5.32 Å². The minimum atomic E-state index is -4.47. The Bertz CT molecular complexity index is 1130. The summed E-state index contributed by atoms with van der Waals surface area (Å²) in [4.78, 5) is 12.4. The fourth-order valence-corrected chi connectivity index (χ4v) is 2.87. The summed E-state index contributed by atoms with van der Waals surface area (Å²) < 4.78 is 43.9. The number of nitrogens with one attached hydrogen (secondary N) is 1. The molecule has 0 saturated heterocycles. The van der Waals surface area contributed by atoms with E-state index in [0.717, 1.165) is 28.3 Å². The number of furan rings is 1. The number of hydrogen-bond acceptors (Lipinski definition) is 2. The second kappa shape index (κ2) is 5.91. The second-order valence-electron chi connectivity index (χ2n) is 5.84. The molecule has 0 fully saturated rings. The number of halogens is 3. The van der Waals surface area contributed by atoms with E-state index >= 15 is 0 Å². The van der Waals surface area contributed by atoms with E-state index in [1.165, 1.54) is 12.1 Å². The van der Waals surface area contributed by atoms with Crippen LogP contribution in [0, 0.1) is 0 Å². The molecular weight excluding hydrogens is 343 g/mol. The summed E-state index contributed by atoms with van der Waals surface area (Å²) in [5.74, 6) is -0.571. The third kappa shape index (κ3) is 2.90. The Labute approximate surface area is 146 Å². The third-order valence-electron chi connectivity index (χ3n) is 4.10. The van der Waals surface area contributed by atoms with Gasteiger partial charge in [-0.1, -0.05) is 36.4 Å². The lowest BCUT2D eigenvalue weighted by Gasteiger charge is -2.09. The molecule has 1 N–H and O–H groups in total. The van der Waals surface area contributed by atoms with E-state index < -0.39 is 17.6 Å². The molecule has 26 heavy (non-hydrogen) atoms. The van der Waals surface area contributed by atoms with Gasteiger partial charge in [-0.15, -0.1) is 0 Å². The largest absolute Gasteiger partial charge is 0.451 e. The van der Waals surface area contributed by atoms with Gasteiger partial charge < -0.3 is 9.73 Å². The number of alkyl halides is 3. The van der Waals surface area contributed by atoms with Gasteiger partial charge in [-0.05, 0) is 41.1 Å². The number of hydrogen-bond donors (Lipinski definition) is 1. The van der Waals surface area contributed by atoms with Crippen LogP contribution in [-0.4, -0.2) is 5.91 Å². The zero-order valence-electron chi connectivity index (χ0n) is 13.3. The lowest BCUT2D eigenvalue weighted by atomic mass is 10.1. The van der Waals surface area contributed by atoms with Gasteiger partial charge in [0.1, 0.15) is 5.58 Å². The number of carbonyl (C=O) groups excluding carboxylic acids is 1. The van der Waals surface area contributed by atoms with Crippen LogP contribution in [0.5, 0.6) is 0 Å². The summed E-state index contributed by atoms with van der Waals surface area (Å²) in [7, 11) is 0. The third-order valence-corrected chi connectivity index (χ3v) is 4.10. The van der Waals surface area contributed by atoms with E-state index in [9.17, 15) is 18.0 Å². The molecule has 0 unspecified atom stereocenters. The molecule has 1 aromatic heterocycles. The van der Waals surface area contributed by atoms with Crippen molar-refractivity contribution >= 4 is 33.3 Å². The smallest absolute Gasteiger partial charge is 0.416 e. The monoisotopic (exact) mass is 355 g/mol. The van der Waals surface area contributed by atoms with Crippen LogP contribution in [0.1, 0.15) is 16.1 Å². The summed E-state index contributed by atoms with van der Waals surface area (Å²) in [5.41, 5.74) is -0.237. The van der Waals surface area contributed by atoms with Crippen molar-refractivity contribution in [1.82, 2.24) is 0 Å². The predicted molar refractivity (Wildman–Crippen MR) is 93.1 cm³/mol. The normalized spacial score (nSPS) is 11.8. The second-order valence-corrected chi connectivity index (χ2v) is 5.84. The highest BCUT2D eigenvalue weighted by atomic mass is 19.4. The average Bonchev–Trinajstić information content (AvgIpc) is 3.06. The molecule has 4 aromatic rings. The number of carbonyl (C=O) groups is 1. The fourth-order valence-electron chi connectivity index (χ4n) is 2.87. The first-order valence-corrected chi connectivity index (χ1v) is 7.82. The summed E-state index contributed by atoms with van der Waals surface area (Å²) in [6.45, 7) is 0. The number of amides is 1. The average molecular weight is 355 g/mol. The molecule has 3 nitrogen and oxygen atoms in total. The van der Waals surface area contributed by atoms with Crippen LogP contribution in [0.3, 0.4) is 0 Å². The molecule has 1 amide bonds. The lowest BCUT2D eigenvalue weighted by molar-refractivity contribution is -0.137. The van der Waals surface area contributed by atoms with E-state index in [1.54, 1.807) is 12.1 Å². The van der Waals surface area contributed by atoms with Gasteiger partial charge >= 0.3 is 6.18 Å². The Hall–Kier alpha value is -3.28. The Morgan fingerprint density at radius 1 is 0.885 bits per heavy atom. The van der Waals surface area contributed by atoms with Gasteiger partial charge in [0, 0.05) is 11.1 Å². The molecule has 0 spiro atoms. The summed E-state index contributed by atoms with van der Waals surface area (Å²) in [6.07, 6.45) is -4.47. The molecule has 0 radical (unpaired) electrons. The zero-order valence-corrected chi connectivity index (χ0v) is 13.3. The highest BCUT2D eigenvalue weighted by Gasteiger charge is 2.30. The summed E-state index contributed by atoms with van der Waals surface area (Å²) in [6, 6.07) is 17.4. The van der Waals surface area contributed by atoms with Crippen molar-refractivity contribution in [3.8, 4) is 0 Å². The first-order chi connectivity index (χ1) is 12.4. The topological polar surface area (TPSA) is 42.2 Å². The van der Waals surface area contributed by atoms with Gasteiger partial charge in [-0.2, -0.15) is 13.2 Å². The molecule has 6 heteroatoms. The van der Waals surface area contributed by atoms with Gasteiger partial charge in [0.25, 0.3) is 5.91 Å². The Kier molecular flexibility index (Phi) is 3.68. The first-order valence-electron chi connectivity index (χ1n) is 7.82. The van der Waals surface area contributed by atoms with Crippen molar-refractivity contribution in [2.45, 2.75) is 6.18 Å². The number of anilines is 1. The molecule has 4 rings (SSSR count). The maximum absolute atomic E-state index is 12.8. The Morgan fingerprint density at radius 3 is 2.50 bits per heavy atom. The van der Waals surface area contributed by atoms with Crippen LogP contribution in [0.2, 0.25) is 0 Å². The van der Waals surface area contributed by atoms with Crippen molar-refractivity contribution in [3.63, 3.8) is 0 Å². The standard InChI is InChI=1S/C20H12F3NO2/c21-20(22,23)13-5-3-6-14(10-13)24-19(25)18-11-16-15-7-2-1-4-12(15)8-9-17(16)26-18/h1-11H,(H,24,25). The van der Waals surface area contributed by atoms with Gasteiger partial charge in [0.15, 0.2) is 5.76 Å². The van der Waals surface area contributed by atoms with E-state index in [-0.39, 0.29) is 11.4 Å². The molecule has 0 aliphatic heterocycles. The molecule has 0 atom stereocenters.